The predicted molar refractivity (Wildman–Crippen MR) is 101 cm³/mol. The molecule has 5 nitrogen and oxygen atoms in total. The van der Waals surface area contributed by atoms with E-state index >= 15 is 0 Å². The summed E-state index contributed by atoms with van der Waals surface area (Å²) in [5.41, 5.74) is 0.521. The van der Waals surface area contributed by atoms with Gasteiger partial charge >= 0.3 is 0 Å². The first kappa shape index (κ1) is 18.5. The van der Waals surface area contributed by atoms with E-state index in [1.807, 2.05) is 12.1 Å². The van der Waals surface area contributed by atoms with Crippen molar-refractivity contribution in [3.63, 3.8) is 0 Å². The Labute approximate surface area is 158 Å². The highest BCUT2D eigenvalue weighted by molar-refractivity contribution is 14.1. The number of carbonyl (C=O) groups is 2. The van der Waals surface area contributed by atoms with Crippen molar-refractivity contribution in [2.24, 2.45) is 0 Å². The van der Waals surface area contributed by atoms with E-state index in [0.29, 0.717) is 29.4 Å². The van der Waals surface area contributed by atoms with E-state index in [2.05, 4.69) is 33.2 Å². The van der Waals surface area contributed by atoms with Gasteiger partial charge in [0.1, 0.15) is 5.75 Å². The zero-order valence-corrected chi connectivity index (χ0v) is 15.6. The quantitative estimate of drug-likeness (QED) is 0.495. The second kappa shape index (κ2) is 9.48. The minimum Gasteiger partial charge on any atom is -0.484 e. The zero-order valence-electron chi connectivity index (χ0n) is 12.7. The topological polar surface area (TPSA) is 67.4 Å². The number of halogens is 2. The van der Waals surface area contributed by atoms with Crippen LogP contribution >= 0.6 is 34.2 Å². The standard InChI is InChI=1S/C17H16ClIN2O3/c18-13-3-1-12(2-4-13)17(23)21-10-9-20-16(22)11-24-15-7-5-14(19)6-8-15/h1-8H,9-11H2,(H,20,22)(H,21,23). The Kier molecular flexibility index (Phi) is 7.33. The van der Waals surface area contributed by atoms with Crippen molar-refractivity contribution in [3.8, 4) is 5.75 Å². The molecule has 0 aromatic heterocycles. The van der Waals surface area contributed by atoms with Gasteiger partial charge in [-0.05, 0) is 71.1 Å². The van der Waals surface area contributed by atoms with Crippen LogP contribution in [-0.4, -0.2) is 31.5 Å². The van der Waals surface area contributed by atoms with Crippen LogP contribution in [0.2, 0.25) is 5.02 Å². The molecule has 0 radical (unpaired) electrons. The van der Waals surface area contributed by atoms with Crippen molar-refractivity contribution in [1.82, 2.24) is 10.6 Å². The van der Waals surface area contributed by atoms with Crippen LogP contribution in [0.1, 0.15) is 10.4 Å². The number of carbonyl (C=O) groups excluding carboxylic acids is 2. The third-order valence-electron chi connectivity index (χ3n) is 3.02. The average molecular weight is 459 g/mol. The first-order valence-electron chi connectivity index (χ1n) is 7.23. The lowest BCUT2D eigenvalue weighted by Gasteiger charge is -2.08. The normalized spacial score (nSPS) is 10.1. The minimum atomic E-state index is -0.241. The zero-order chi connectivity index (χ0) is 17.4. The minimum absolute atomic E-state index is 0.0638. The monoisotopic (exact) mass is 458 g/mol. The summed E-state index contributed by atoms with van der Waals surface area (Å²) in [6.45, 7) is 0.594. The molecular formula is C17H16ClIN2O3. The summed E-state index contributed by atoms with van der Waals surface area (Å²) < 4.78 is 6.46. The predicted octanol–water partition coefficient (Wildman–Crippen LogP) is 2.87. The van der Waals surface area contributed by atoms with E-state index < -0.39 is 0 Å². The molecule has 0 bridgehead atoms. The van der Waals surface area contributed by atoms with Gasteiger partial charge in [-0.3, -0.25) is 9.59 Å². The van der Waals surface area contributed by atoms with E-state index in [0.717, 1.165) is 3.57 Å². The maximum Gasteiger partial charge on any atom is 0.258 e. The number of nitrogens with one attached hydrogen (secondary N) is 2. The summed E-state index contributed by atoms with van der Waals surface area (Å²) in [7, 11) is 0. The van der Waals surface area contributed by atoms with Crippen molar-refractivity contribution in [2.75, 3.05) is 19.7 Å². The maximum atomic E-state index is 11.8. The fourth-order valence-corrected chi connectivity index (χ4v) is 2.30. The van der Waals surface area contributed by atoms with Crippen molar-refractivity contribution in [1.29, 1.82) is 0 Å². The van der Waals surface area contributed by atoms with Gasteiger partial charge in [-0.2, -0.15) is 0 Å². The molecule has 0 fully saturated rings. The molecule has 0 unspecified atom stereocenters. The Hall–Kier alpha value is -1.80. The largest absolute Gasteiger partial charge is 0.484 e. The molecule has 24 heavy (non-hydrogen) atoms. The maximum absolute atomic E-state index is 11.8. The first-order valence-corrected chi connectivity index (χ1v) is 8.69. The molecule has 0 aliphatic carbocycles. The molecule has 0 atom stereocenters. The van der Waals surface area contributed by atoms with Gasteiger partial charge < -0.3 is 15.4 Å². The van der Waals surface area contributed by atoms with Gasteiger partial charge in [0, 0.05) is 27.2 Å². The fraction of sp³-hybridized carbons (Fsp3) is 0.176. The lowest BCUT2D eigenvalue weighted by atomic mass is 10.2. The summed E-state index contributed by atoms with van der Waals surface area (Å²) in [5, 5.41) is 5.97. The molecule has 0 heterocycles. The Balaban J connectivity index is 1.63. The van der Waals surface area contributed by atoms with Crippen molar-refractivity contribution in [3.05, 3.63) is 62.7 Å². The highest BCUT2D eigenvalue weighted by Gasteiger charge is 2.05. The molecular weight excluding hydrogens is 443 g/mol. The second-order valence-corrected chi connectivity index (χ2v) is 6.54. The van der Waals surface area contributed by atoms with E-state index in [-0.39, 0.29) is 18.4 Å². The molecule has 2 amide bonds. The summed E-state index contributed by atoms with van der Waals surface area (Å²) >= 11 is 7.96. The molecule has 7 heteroatoms. The Bertz CT molecular complexity index is 690. The fourth-order valence-electron chi connectivity index (χ4n) is 1.81. The lowest BCUT2D eigenvalue weighted by Crippen LogP contribution is -2.36. The van der Waals surface area contributed by atoms with Gasteiger partial charge in [0.25, 0.3) is 11.8 Å². The number of hydrogen-bond donors (Lipinski definition) is 2. The molecule has 0 saturated heterocycles. The summed E-state index contributed by atoms with van der Waals surface area (Å²) in [6.07, 6.45) is 0. The average Bonchev–Trinajstić information content (AvgIpc) is 2.58. The van der Waals surface area contributed by atoms with Gasteiger partial charge in [0.2, 0.25) is 0 Å². The summed E-state index contributed by atoms with van der Waals surface area (Å²) in [5.74, 6) is 0.187. The van der Waals surface area contributed by atoms with E-state index in [9.17, 15) is 9.59 Å². The highest BCUT2D eigenvalue weighted by Crippen LogP contribution is 2.13. The van der Waals surface area contributed by atoms with Crippen LogP contribution in [-0.2, 0) is 4.79 Å². The van der Waals surface area contributed by atoms with Crippen LogP contribution in [0.5, 0.6) is 5.75 Å². The molecule has 0 saturated carbocycles. The number of hydrogen-bond acceptors (Lipinski definition) is 3. The molecule has 0 aliphatic heterocycles. The lowest BCUT2D eigenvalue weighted by molar-refractivity contribution is -0.123. The second-order valence-electron chi connectivity index (χ2n) is 4.86. The molecule has 2 rings (SSSR count). The Morgan fingerprint density at radius 3 is 2.25 bits per heavy atom. The van der Waals surface area contributed by atoms with Crippen LogP contribution in [0.3, 0.4) is 0 Å². The van der Waals surface area contributed by atoms with Gasteiger partial charge in [0.05, 0.1) is 0 Å². The van der Waals surface area contributed by atoms with Crippen LogP contribution in [0.15, 0.2) is 48.5 Å². The molecule has 0 aliphatic rings. The van der Waals surface area contributed by atoms with Gasteiger partial charge in [-0.1, -0.05) is 11.6 Å². The highest BCUT2D eigenvalue weighted by atomic mass is 127. The van der Waals surface area contributed by atoms with E-state index in [4.69, 9.17) is 16.3 Å². The molecule has 126 valence electrons. The van der Waals surface area contributed by atoms with E-state index in [1.54, 1.807) is 36.4 Å². The van der Waals surface area contributed by atoms with Gasteiger partial charge in [-0.15, -0.1) is 0 Å². The van der Waals surface area contributed by atoms with Crippen molar-refractivity contribution >= 4 is 46.0 Å². The Morgan fingerprint density at radius 1 is 0.958 bits per heavy atom. The number of benzene rings is 2. The molecule has 0 spiro atoms. The number of rotatable bonds is 7. The van der Waals surface area contributed by atoms with Crippen molar-refractivity contribution in [2.45, 2.75) is 0 Å². The van der Waals surface area contributed by atoms with Crippen LogP contribution < -0.4 is 15.4 Å². The SMILES string of the molecule is O=C(COc1ccc(I)cc1)NCCNC(=O)c1ccc(Cl)cc1. The van der Waals surface area contributed by atoms with Crippen molar-refractivity contribution < 1.29 is 14.3 Å². The molecule has 2 aromatic carbocycles. The molecule has 2 N–H and O–H groups in total. The van der Waals surface area contributed by atoms with Crippen LogP contribution in [0.25, 0.3) is 0 Å². The van der Waals surface area contributed by atoms with Gasteiger partial charge in [-0.25, -0.2) is 0 Å². The molecule has 2 aromatic rings. The first-order chi connectivity index (χ1) is 11.5. The van der Waals surface area contributed by atoms with Crippen LogP contribution in [0, 0.1) is 3.57 Å². The Morgan fingerprint density at radius 2 is 1.58 bits per heavy atom. The van der Waals surface area contributed by atoms with Gasteiger partial charge in [0.15, 0.2) is 6.61 Å². The third kappa shape index (κ3) is 6.37. The summed E-state index contributed by atoms with van der Waals surface area (Å²) in [6, 6.07) is 14.0. The number of ether oxygens (including phenoxy) is 1. The van der Waals surface area contributed by atoms with E-state index in [1.165, 1.54) is 0 Å². The van der Waals surface area contributed by atoms with Crippen LogP contribution in [0.4, 0.5) is 0 Å². The smallest absolute Gasteiger partial charge is 0.258 e. The third-order valence-corrected chi connectivity index (χ3v) is 3.99. The summed E-state index contributed by atoms with van der Waals surface area (Å²) in [4.78, 5) is 23.5. The number of amides is 2.